The minimum absolute atomic E-state index is 0.0685. The second-order valence-corrected chi connectivity index (χ2v) is 4.63. The van der Waals surface area contributed by atoms with Crippen LogP contribution >= 0.6 is 0 Å². The van der Waals surface area contributed by atoms with E-state index in [1.165, 1.54) is 16.8 Å². The van der Waals surface area contributed by atoms with Crippen molar-refractivity contribution >= 4 is 5.69 Å². The Morgan fingerprint density at radius 1 is 1.25 bits per heavy atom. The molecule has 0 aliphatic rings. The van der Waals surface area contributed by atoms with Crippen LogP contribution in [0.5, 0.6) is 0 Å². The van der Waals surface area contributed by atoms with Gasteiger partial charge in [0.25, 0.3) is 0 Å². The fourth-order valence-corrected chi connectivity index (χ4v) is 1.74. The highest BCUT2D eigenvalue weighted by molar-refractivity contribution is 5.56. The van der Waals surface area contributed by atoms with Gasteiger partial charge in [0.1, 0.15) is 0 Å². The van der Waals surface area contributed by atoms with Crippen molar-refractivity contribution in [2.24, 2.45) is 11.8 Å². The van der Waals surface area contributed by atoms with Crippen molar-refractivity contribution in [2.75, 3.05) is 11.9 Å². The monoisotopic (exact) mass is 216 g/mol. The predicted molar refractivity (Wildman–Crippen MR) is 68.3 cm³/mol. The van der Waals surface area contributed by atoms with Crippen LogP contribution in [0.2, 0.25) is 0 Å². The Bertz CT molecular complexity index is 368. The smallest absolute Gasteiger partial charge is 0.0677 e. The fraction of sp³-hybridized carbons (Fsp3) is 0.500. The number of anilines is 1. The van der Waals surface area contributed by atoms with Crippen LogP contribution < -0.4 is 5.32 Å². The number of benzene rings is 1. The van der Waals surface area contributed by atoms with Crippen LogP contribution in [0.4, 0.5) is 5.69 Å². The first kappa shape index (κ1) is 12.6. The third-order valence-electron chi connectivity index (χ3n) is 2.95. The number of para-hydroxylation sites is 1. The zero-order valence-electron chi connectivity index (χ0n) is 10.5. The topological polar surface area (TPSA) is 35.8 Å². The Morgan fingerprint density at radius 3 is 2.25 bits per heavy atom. The van der Waals surface area contributed by atoms with Crippen molar-refractivity contribution in [2.45, 2.75) is 27.7 Å². The fourth-order valence-electron chi connectivity index (χ4n) is 1.74. The number of aryl methyl sites for hydroxylation is 2. The van der Waals surface area contributed by atoms with Crippen molar-refractivity contribution < 1.29 is 0 Å². The number of rotatable bonds is 4. The highest BCUT2D eigenvalue weighted by Crippen LogP contribution is 2.20. The van der Waals surface area contributed by atoms with Gasteiger partial charge < -0.3 is 5.32 Å². The molecule has 0 saturated carbocycles. The standard InChI is InChI=1S/C14H20N2/c1-10(2)13(8-15)9-16-14-11(3)6-5-7-12(14)4/h5-7,10,13,16H,9H2,1-4H3. The van der Waals surface area contributed by atoms with Crippen molar-refractivity contribution in [1.29, 1.82) is 5.26 Å². The van der Waals surface area contributed by atoms with Gasteiger partial charge in [-0.15, -0.1) is 0 Å². The molecular formula is C14H20N2. The lowest BCUT2D eigenvalue weighted by molar-refractivity contribution is 0.496. The van der Waals surface area contributed by atoms with Crippen molar-refractivity contribution in [3.8, 4) is 6.07 Å². The molecular weight excluding hydrogens is 196 g/mol. The highest BCUT2D eigenvalue weighted by Gasteiger charge is 2.12. The Morgan fingerprint density at radius 2 is 1.81 bits per heavy atom. The van der Waals surface area contributed by atoms with E-state index in [-0.39, 0.29) is 5.92 Å². The van der Waals surface area contributed by atoms with Gasteiger partial charge in [0.05, 0.1) is 12.0 Å². The summed E-state index contributed by atoms with van der Waals surface area (Å²) in [5, 5.41) is 12.4. The third kappa shape index (κ3) is 3.00. The van der Waals surface area contributed by atoms with Gasteiger partial charge in [0, 0.05) is 12.2 Å². The Kier molecular flexibility index (Phi) is 4.37. The van der Waals surface area contributed by atoms with Crippen molar-refractivity contribution in [3.05, 3.63) is 29.3 Å². The Labute approximate surface area is 98.3 Å². The zero-order chi connectivity index (χ0) is 12.1. The molecule has 0 bridgehead atoms. The SMILES string of the molecule is Cc1cccc(C)c1NCC(C#N)C(C)C. The van der Waals surface area contributed by atoms with Crippen molar-refractivity contribution in [3.63, 3.8) is 0 Å². The molecule has 2 heteroatoms. The molecule has 16 heavy (non-hydrogen) atoms. The van der Waals surface area contributed by atoms with Crippen molar-refractivity contribution in [1.82, 2.24) is 0 Å². The maximum Gasteiger partial charge on any atom is 0.0677 e. The van der Waals surface area contributed by atoms with Crippen LogP contribution in [-0.2, 0) is 0 Å². The second kappa shape index (κ2) is 5.55. The molecule has 1 atom stereocenters. The minimum atomic E-state index is 0.0685. The van der Waals surface area contributed by atoms with E-state index < -0.39 is 0 Å². The maximum absolute atomic E-state index is 9.02. The lowest BCUT2D eigenvalue weighted by atomic mass is 9.97. The van der Waals surface area contributed by atoms with E-state index in [0.29, 0.717) is 5.92 Å². The summed E-state index contributed by atoms with van der Waals surface area (Å²) in [5.74, 6) is 0.459. The maximum atomic E-state index is 9.02. The molecule has 0 spiro atoms. The summed E-state index contributed by atoms with van der Waals surface area (Å²) < 4.78 is 0. The van der Waals surface area contributed by atoms with E-state index in [1.54, 1.807) is 0 Å². The molecule has 0 heterocycles. The number of nitrogens with zero attached hydrogens (tertiary/aromatic N) is 1. The van der Waals surface area contributed by atoms with E-state index in [1.807, 2.05) is 0 Å². The average molecular weight is 216 g/mol. The molecule has 0 saturated heterocycles. The molecule has 1 aromatic carbocycles. The van der Waals surface area contributed by atoms with Gasteiger partial charge in [-0.05, 0) is 30.9 Å². The molecule has 0 aliphatic carbocycles. The van der Waals surface area contributed by atoms with Gasteiger partial charge in [0.2, 0.25) is 0 Å². The number of nitrogens with one attached hydrogen (secondary N) is 1. The largest absolute Gasteiger partial charge is 0.383 e. The second-order valence-electron chi connectivity index (χ2n) is 4.63. The van der Waals surface area contributed by atoms with Gasteiger partial charge >= 0.3 is 0 Å². The first-order valence-electron chi connectivity index (χ1n) is 5.76. The summed E-state index contributed by atoms with van der Waals surface area (Å²) in [6.07, 6.45) is 0. The quantitative estimate of drug-likeness (QED) is 0.836. The first-order valence-corrected chi connectivity index (χ1v) is 5.76. The van der Waals surface area contributed by atoms with Gasteiger partial charge in [-0.25, -0.2) is 0 Å². The number of hydrogen-bond acceptors (Lipinski definition) is 2. The summed E-state index contributed by atoms with van der Waals surface area (Å²) in [7, 11) is 0. The molecule has 0 amide bonds. The van der Waals surface area contributed by atoms with Gasteiger partial charge in [0.15, 0.2) is 0 Å². The molecule has 0 radical (unpaired) electrons. The number of hydrogen-bond donors (Lipinski definition) is 1. The summed E-state index contributed by atoms with van der Waals surface area (Å²) >= 11 is 0. The average Bonchev–Trinajstić information content (AvgIpc) is 2.22. The van der Waals surface area contributed by atoms with Crippen LogP contribution in [0.3, 0.4) is 0 Å². The number of nitriles is 1. The Hall–Kier alpha value is -1.49. The lowest BCUT2D eigenvalue weighted by Crippen LogP contribution is -2.18. The van der Waals surface area contributed by atoms with E-state index >= 15 is 0 Å². The third-order valence-corrected chi connectivity index (χ3v) is 2.95. The predicted octanol–water partition coefficient (Wildman–Crippen LogP) is 3.51. The normalized spacial score (nSPS) is 12.2. The molecule has 86 valence electrons. The molecule has 0 aliphatic heterocycles. The molecule has 1 unspecified atom stereocenters. The van der Waals surface area contributed by atoms with E-state index in [0.717, 1.165) is 6.54 Å². The van der Waals surface area contributed by atoms with Gasteiger partial charge in [-0.1, -0.05) is 32.0 Å². The Balaban J connectivity index is 2.72. The molecule has 0 fully saturated rings. The van der Waals surface area contributed by atoms with Crippen LogP contribution in [0.25, 0.3) is 0 Å². The van der Waals surface area contributed by atoms with Crippen LogP contribution in [0.1, 0.15) is 25.0 Å². The first-order chi connectivity index (χ1) is 7.56. The van der Waals surface area contributed by atoms with Crippen LogP contribution in [-0.4, -0.2) is 6.54 Å². The summed E-state index contributed by atoms with van der Waals surface area (Å²) in [4.78, 5) is 0. The van der Waals surface area contributed by atoms with Gasteiger partial charge in [-0.3, -0.25) is 0 Å². The molecule has 1 aromatic rings. The van der Waals surface area contributed by atoms with E-state index in [9.17, 15) is 0 Å². The molecule has 2 nitrogen and oxygen atoms in total. The zero-order valence-corrected chi connectivity index (χ0v) is 10.5. The summed E-state index contributed by atoms with van der Waals surface area (Å²) in [5.41, 5.74) is 3.64. The molecule has 0 aromatic heterocycles. The van der Waals surface area contributed by atoms with Crippen LogP contribution in [0, 0.1) is 37.0 Å². The van der Waals surface area contributed by atoms with Gasteiger partial charge in [-0.2, -0.15) is 5.26 Å². The summed E-state index contributed by atoms with van der Waals surface area (Å²) in [6.45, 7) is 9.07. The molecule has 1 rings (SSSR count). The molecule has 1 N–H and O–H groups in total. The van der Waals surface area contributed by atoms with Crippen LogP contribution in [0.15, 0.2) is 18.2 Å². The highest BCUT2D eigenvalue weighted by atomic mass is 14.9. The van der Waals surface area contributed by atoms with E-state index in [4.69, 9.17) is 5.26 Å². The van der Waals surface area contributed by atoms with E-state index in [2.05, 4.69) is 57.3 Å². The lowest BCUT2D eigenvalue weighted by Gasteiger charge is -2.17. The minimum Gasteiger partial charge on any atom is -0.383 e. The summed E-state index contributed by atoms with van der Waals surface area (Å²) in [6, 6.07) is 8.58.